The predicted molar refractivity (Wildman–Crippen MR) is 94.1 cm³/mol. The zero-order valence-corrected chi connectivity index (χ0v) is 16.8. The van der Waals surface area contributed by atoms with Crippen molar-refractivity contribution in [2.45, 2.75) is 82.3 Å². The average molecular weight is 440 g/mol. The fourth-order valence-corrected chi connectivity index (χ4v) is 7.49. The fraction of sp³-hybridized carbons (Fsp3) is 0.857. The number of rotatable bonds is 1. The number of ketones is 1. The number of hydrogen-bond acceptors (Lipinski definition) is 3. The quantitative estimate of drug-likeness (QED) is 0.459. The minimum atomic E-state index is -5.77. The first kappa shape index (κ1) is 22.1. The van der Waals surface area contributed by atoms with Gasteiger partial charge in [0, 0.05) is 30.1 Å². The Hall–Kier alpha value is -1.09. The summed E-state index contributed by atoms with van der Waals surface area (Å²) in [6, 6.07) is 0. The SMILES string of the molecule is C[C@]12CCC(=O)C=C1CC[C@H]1[C@@H]3CCC(C(F)(F)C(F)(F)F)[C@@]3(C)CC(O)(O)[C@]12F. The van der Waals surface area contributed by atoms with Gasteiger partial charge in [-0.3, -0.25) is 4.79 Å². The van der Waals surface area contributed by atoms with Gasteiger partial charge in [0.2, 0.25) is 0 Å². The highest BCUT2D eigenvalue weighted by atomic mass is 19.4. The average Bonchev–Trinajstić information content (AvgIpc) is 2.92. The molecule has 0 aromatic heterocycles. The van der Waals surface area contributed by atoms with Crippen LogP contribution in [0.3, 0.4) is 0 Å². The third kappa shape index (κ3) is 2.45. The smallest absolute Gasteiger partial charge is 0.363 e. The Bertz CT molecular complexity index is 805. The van der Waals surface area contributed by atoms with Crippen molar-refractivity contribution in [3.8, 4) is 0 Å². The summed E-state index contributed by atoms with van der Waals surface area (Å²) >= 11 is 0. The van der Waals surface area contributed by atoms with Crippen LogP contribution < -0.4 is 0 Å². The van der Waals surface area contributed by atoms with Gasteiger partial charge in [-0.2, -0.15) is 22.0 Å². The lowest BCUT2D eigenvalue weighted by atomic mass is 9.43. The van der Waals surface area contributed by atoms with Gasteiger partial charge < -0.3 is 10.2 Å². The van der Waals surface area contributed by atoms with Gasteiger partial charge in [0.05, 0.1) is 0 Å². The Labute approximate surface area is 170 Å². The van der Waals surface area contributed by atoms with Crippen LogP contribution in [0.1, 0.15) is 58.8 Å². The van der Waals surface area contributed by atoms with E-state index in [2.05, 4.69) is 0 Å². The van der Waals surface area contributed by atoms with Crippen molar-refractivity contribution in [1.82, 2.24) is 0 Å². The van der Waals surface area contributed by atoms with E-state index in [-0.39, 0.29) is 37.9 Å². The summed E-state index contributed by atoms with van der Waals surface area (Å²) in [4.78, 5) is 11.9. The maximum Gasteiger partial charge on any atom is 0.453 e. The van der Waals surface area contributed by atoms with E-state index in [1.165, 1.54) is 19.9 Å². The second-order valence-corrected chi connectivity index (χ2v) is 10.2. The van der Waals surface area contributed by atoms with Gasteiger partial charge in [0.25, 0.3) is 0 Å². The lowest BCUT2D eigenvalue weighted by molar-refractivity contribution is -0.364. The molecule has 0 heterocycles. The zero-order chi connectivity index (χ0) is 22.5. The van der Waals surface area contributed by atoms with Crippen molar-refractivity contribution in [1.29, 1.82) is 0 Å². The van der Waals surface area contributed by atoms with Crippen molar-refractivity contribution in [3.63, 3.8) is 0 Å². The molecule has 0 aliphatic heterocycles. The molecule has 0 radical (unpaired) electrons. The van der Waals surface area contributed by atoms with Crippen molar-refractivity contribution in [2.24, 2.45) is 28.6 Å². The van der Waals surface area contributed by atoms with E-state index in [1.807, 2.05) is 0 Å². The summed E-state index contributed by atoms with van der Waals surface area (Å²) in [5, 5.41) is 21.9. The Kier molecular flexibility index (Phi) is 4.44. The van der Waals surface area contributed by atoms with Gasteiger partial charge in [0.1, 0.15) is 0 Å². The minimum Gasteiger partial charge on any atom is -0.363 e. The normalized spacial score (nSPS) is 46.0. The van der Waals surface area contributed by atoms with Gasteiger partial charge in [-0.1, -0.05) is 19.4 Å². The summed E-state index contributed by atoms with van der Waals surface area (Å²) in [5.41, 5.74) is -5.36. The van der Waals surface area contributed by atoms with Gasteiger partial charge in [-0.15, -0.1) is 0 Å². The number of carbonyl (C=O) groups is 1. The van der Waals surface area contributed by atoms with Crippen LogP contribution >= 0.6 is 0 Å². The van der Waals surface area contributed by atoms with Crippen LogP contribution in [0.15, 0.2) is 11.6 Å². The summed E-state index contributed by atoms with van der Waals surface area (Å²) in [6.45, 7) is 2.73. The molecule has 0 amide bonds. The maximum absolute atomic E-state index is 16.8. The van der Waals surface area contributed by atoms with E-state index >= 15 is 4.39 Å². The number of carbonyl (C=O) groups excluding carboxylic acids is 1. The number of fused-ring (bicyclic) bond motifs is 5. The third-order valence-corrected chi connectivity index (χ3v) is 8.87. The minimum absolute atomic E-state index is 0.0190. The van der Waals surface area contributed by atoms with Crippen LogP contribution in [0.25, 0.3) is 0 Å². The first-order chi connectivity index (χ1) is 13.5. The Morgan fingerprint density at radius 1 is 1.00 bits per heavy atom. The van der Waals surface area contributed by atoms with Crippen LogP contribution in [0.4, 0.5) is 26.3 Å². The van der Waals surface area contributed by atoms with E-state index in [9.17, 15) is 37.0 Å². The summed E-state index contributed by atoms with van der Waals surface area (Å²) in [7, 11) is 0. The molecule has 4 aliphatic carbocycles. The van der Waals surface area contributed by atoms with Crippen LogP contribution in [0.5, 0.6) is 0 Å². The molecule has 9 heteroatoms. The lowest BCUT2D eigenvalue weighted by Crippen LogP contribution is -2.73. The number of aliphatic hydroxyl groups is 2. The highest BCUT2D eigenvalue weighted by Gasteiger charge is 2.79. The molecule has 2 N–H and O–H groups in total. The topological polar surface area (TPSA) is 57.5 Å². The van der Waals surface area contributed by atoms with Gasteiger partial charge in [-0.05, 0) is 49.5 Å². The lowest BCUT2D eigenvalue weighted by Gasteiger charge is -2.65. The molecule has 0 aromatic carbocycles. The number of hydrogen-bond donors (Lipinski definition) is 2. The fourth-order valence-electron chi connectivity index (χ4n) is 7.49. The molecule has 30 heavy (non-hydrogen) atoms. The summed E-state index contributed by atoms with van der Waals surface area (Å²) in [5.74, 6) is -12.4. The Balaban J connectivity index is 1.82. The van der Waals surface area contributed by atoms with Crippen LogP contribution in [0.2, 0.25) is 0 Å². The number of alkyl halides is 6. The third-order valence-electron chi connectivity index (χ3n) is 8.87. The van der Waals surface area contributed by atoms with E-state index in [1.54, 1.807) is 0 Å². The van der Waals surface area contributed by atoms with E-state index in [0.29, 0.717) is 5.57 Å². The molecule has 0 bridgehead atoms. The van der Waals surface area contributed by atoms with Crippen LogP contribution in [-0.2, 0) is 4.79 Å². The molecule has 3 nitrogen and oxygen atoms in total. The number of allylic oxidation sites excluding steroid dienone is 1. The highest BCUT2D eigenvalue weighted by molar-refractivity contribution is 5.91. The molecule has 4 aliphatic rings. The monoisotopic (exact) mass is 440 g/mol. The first-order valence-corrected chi connectivity index (χ1v) is 10.3. The standard InChI is InChI=1S/C21H26F6O3/c1-16-10-18(29,30)19(22)14(4-3-11-9-12(28)7-8-17(11,19)2)13(16)5-6-15(16)20(23,24)21(25,26)27/h9,13-15,29-30H,3-8,10H2,1-2H3/t13-,14-,15?,16-,17-,19-/m0/s1. The van der Waals surface area contributed by atoms with Crippen molar-refractivity contribution < 1.29 is 41.4 Å². The maximum atomic E-state index is 16.8. The van der Waals surface area contributed by atoms with E-state index in [0.717, 1.165) is 0 Å². The Morgan fingerprint density at radius 3 is 2.23 bits per heavy atom. The highest BCUT2D eigenvalue weighted by Crippen LogP contribution is 2.73. The largest absolute Gasteiger partial charge is 0.453 e. The molecule has 0 aromatic rings. The molecule has 0 spiro atoms. The molecule has 1 unspecified atom stereocenters. The molecule has 170 valence electrons. The summed E-state index contributed by atoms with van der Waals surface area (Å²) < 4.78 is 85.0. The molecule has 0 saturated heterocycles. The van der Waals surface area contributed by atoms with Crippen LogP contribution in [-0.4, -0.2) is 39.6 Å². The molecule has 3 fully saturated rings. The second kappa shape index (κ2) is 6.03. The van der Waals surface area contributed by atoms with Gasteiger partial charge in [-0.25, -0.2) is 4.39 Å². The Morgan fingerprint density at radius 2 is 1.63 bits per heavy atom. The first-order valence-electron chi connectivity index (χ1n) is 10.3. The van der Waals surface area contributed by atoms with Crippen molar-refractivity contribution in [3.05, 3.63) is 11.6 Å². The number of halogens is 6. The van der Waals surface area contributed by atoms with E-state index < -0.39 is 65.0 Å². The zero-order valence-electron chi connectivity index (χ0n) is 16.8. The van der Waals surface area contributed by atoms with E-state index in [4.69, 9.17) is 0 Å². The van der Waals surface area contributed by atoms with Crippen molar-refractivity contribution in [2.75, 3.05) is 0 Å². The molecule has 4 rings (SSSR count). The van der Waals surface area contributed by atoms with Crippen LogP contribution in [0, 0.1) is 28.6 Å². The predicted octanol–water partition coefficient (Wildman–Crippen LogP) is 4.72. The van der Waals surface area contributed by atoms with Crippen molar-refractivity contribution >= 4 is 5.78 Å². The molecular weight excluding hydrogens is 414 g/mol. The van der Waals surface area contributed by atoms with Gasteiger partial charge in [0.15, 0.2) is 17.2 Å². The molecule has 6 atom stereocenters. The second-order valence-electron chi connectivity index (χ2n) is 10.2. The molecule has 3 saturated carbocycles. The molecular formula is C21H26F6O3. The van der Waals surface area contributed by atoms with Gasteiger partial charge >= 0.3 is 12.1 Å². The summed E-state index contributed by atoms with van der Waals surface area (Å²) in [6.07, 6.45) is -5.44.